The Morgan fingerprint density at radius 2 is 2.17 bits per heavy atom. The standard InChI is InChI=1S/C9H12O3/c1-9-5-4-8(11)12-7(9)3-2-6(9)10/h7H,2-5H2,1H3/t7-,9+/m0/s1. The second-order valence-corrected chi connectivity index (χ2v) is 3.86. The van der Waals surface area contributed by atoms with E-state index in [1.54, 1.807) is 0 Å². The van der Waals surface area contributed by atoms with Crippen LogP contribution in [0, 0.1) is 5.41 Å². The SMILES string of the molecule is C[C@]12CCC(=O)O[C@H]1CCC2=O. The van der Waals surface area contributed by atoms with Crippen LogP contribution in [0.3, 0.4) is 0 Å². The normalized spacial score (nSPS) is 40.9. The van der Waals surface area contributed by atoms with Crippen LogP contribution in [0.1, 0.15) is 32.6 Å². The molecule has 2 atom stereocenters. The number of carbonyl (C=O) groups excluding carboxylic acids is 2. The van der Waals surface area contributed by atoms with Gasteiger partial charge in [0, 0.05) is 12.8 Å². The first-order valence-corrected chi connectivity index (χ1v) is 4.36. The molecule has 12 heavy (non-hydrogen) atoms. The third-order valence-electron chi connectivity index (χ3n) is 3.10. The van der Waals surface area contributed by atoms with Gasteiger partial charge in [-0.3, -0.25) is 9.59 Å². The minimum Gasteiger partial charge on any atom is -0.461 e. The number of esters is 1. The Balaban J connectivity index is 2.24. The van der Waals surface area contributed by atoms with E-state index in [4.69, 9.17) is 4.74 Å². The molecule has 0 amide bonds. The fourth-order valence-electron chi connectivity index (χ4n) is 2.11. The fraction of sp³-hybridized carbons (Fsp3) is 0.778. The van der Waals surface area contributed by atoms with Gasteiger partial charge in [0.15, 0.2) is 0 Å². The molecule has 1 saturated carbocycles. The van der Waals surface area contributed by atoms with E-state index in [0.29, 0.717) is 19.3 Å². The monoisotopic (exact) mass is 168 g/mol. The molecule has 0 aromatic rings. The van der Waals surface area contributed by atoms with E-state index in [1.165, 1.54) is 0 Å². The van der Waals surface area contributed by atoms with Gasteiger partial charge in [-0.05, 0) is 19.8 Å². The van der Waals surface area contributed by atoms with Gasteiger partial charge in [0.05, 0.1) is 5.41 Å². The van der Waals surface area contributed by atoms with Crippen molar-refractivity contribution in [2.24, 2.45) is 5.41 Å². The minimum absolute atomic E-state index is 0.133. The maximum absolute atomic E-state index is 11.4. The van der Waals surface area contributed by atoms with Crippen LogP contribution in [0.2, 0.25) is 0 Å². The van der Waals surface area contributed by atoms with Gasteiger partial charge in [-0.15, -0.1) is 0 Å². The summed E-state index contributed by atoms with van der Waals surface area (Å²) in [4.78, 5) is 22.4. The van der Waals surface area contributed by atoms with Crippen LogP contribution in [0.15, 0.2) is 0 Å². The first-order chi connectivity index (χ1) is 5.63. The zero-order chi connectivity index (χ0) is 8.77. The van der Waals surface area contributed by atoms with Gasteiger partial charge in [0.25, 0.3) is 0 Å². The average Bonchev–Trinajstić information content (AvgIpc) is 2.31. The number of carbonyl (C=O) groups is 2. The quantitative estimate of drug-likeness (QED) is 0.508. The maximum Gasteiger partial charge on any atom is 0.306 e. The van der Waals surface area contributed by atoms with Crippen LogP contribution < -0.4 is 0 Å². The average molecular weight is 168 g/mol. The summed E-state index contributed by atoms with van der Waals surface area (Å²) in [6.07, 6.45) is 2.25. The lowest BCUT2D eigenvalue weighted by Gasteiger charge is -2.33. The molecule has 66 valence electrons. The van der Waals surface area contributed by atoms with Gasteiger partial charge in [0.2, 0.25) is 0 Å². The first-order valence-electron chi connectivity index (χ1n) is 4.36. The van der Waals surface area contributed by atoms with Crippen LogP contribution in [0.5, 0.6) is 0 Å². The topological polar surface area (TPSA) is 43.4 Å². The van der Waals surface area contributed by atoms with Gasteiger partial charge in [-0.2, -0.15) is 0 Å². The van der Waals surface area contributed by atoms with Crippen molar-refractivity contribution in [3.63, 3.8) is 0 Å². The second kappa shape index (κ2) is 2.31. The van der Waals surface area contributed by atoms with Crippen LogP contribution in [-0.4, -0.2) is 17.9 Å². The highest BCUT2D eigenvalue weighted by atomic mass is 16.5. The molecular weight excluding hydrogens is 156 g/mol. The zero-order valence-electron chi connectivity index (χ0n) is 7.13. The van der Waals surface area contributed by atoms with E-state index in [2.05, 4.69) is 0 Å². The van der Waals surface area contributed by atoms with Crippen molar-refractivity contribution >= 4 is 11.8 Å². The highest BCUT2D eigenvalue weighted by Gasteiger charge is 2.50. The van der Waals surface area contributed by atoms with E-state index in [-0.39, 0.29) is 23.3 Å². The van der Waals surface area contributed by atoms with Crippen molar-refractivity contribution in [3.05, 3.63) is 0 Å². The summed E-state index contributed by atoms with van der Waals surface area (Å²) in [5.74, 6) is 0.118. The van der Waals surface area contributed by atoms with E-state index < -0.39 is 0 Å². The summed E-state index contributed by atoms with van der Waals surface area (Å²) < 4.78 is 5.12. The summed E-state index contributed by atoms with van der Waals surface area (Å²) in [7, 11) is 0. The van der Waals surface area contributed by atoms with Crippen molar-refractivity contribution < 1.29 is 14.3 Å². The Labute approximate surface area is 71.1 Å². The number of Topliss-reactive ketones (excluding diaryl/α,β-unsaturated/α-hetero) is 1. The zero-order valence-corrected chi connectivity index (χ0v) is 7.13. The van der Waals surface area contributed by atoms with Crippen molar-refractivity contribution in [1.82, 2.24) is 0 Å². The predicted octanol–water partition coefficient (Wildman–Crippen LogP) is 1.06. The molecule has 2 rings (SSSR count). The lowest BCUT2D eigenvalue weighted by molar-refractivity contribution is -0.164. The molecule has 0 radical (unpaired) electrons. The maximum atomic E-state index is 11.4. The first kappa shape index (κ1) is 7.77. The van der Waals surface area contributed by atoms with Crippen LogP contribution in [0.25, 0.3) is 0 Å². The van der Waals surface area contributed by atoms with Crippen molar-refractivity contribution in [1.29, 1.82) is 0 Å². The van der Waals surface area contributed by atoms with Crippen molar-refractivity contribution in [3.8, 4) is 0 Å². The van der Waals surface area contributed by atoms with Crippen LogP contribution in [0.4, 0.5) is 0 Å². The Kier molecular flexibility index (Phi) is 1.50. The Morgan fingerprint density at radius 1 is 1.42 bits per heavy atom. The lowest BCUT2D eigenvalue weighted by atomic mass is 9.79. The Bertz CT molecular complexity index is 246. The molecule has 2 aliphatic rings. The minimum atomic E-state index is -0.353. The van der Waals surface area contributed by atoms with Crippen LogP contribution in [-0.2, 0) is 14.3 Å². The Hall–Kier alpha value is -0.860. The Morgan fingerprint density at radius 3 is 2.92 bits per heavy atom. The molecule has 1 aliphatic carbocycles. The number of hydrogen-bond acceptors (Lipinski definition) is 3. The summed E-state index contributed by atoms with van der Waals surface area (Å²) in [5, 5.41) is 0. The summed E-state index contributed by atoms with van der Waals surface area (Å²) in [6.45, 7) is 1.92. The lowest BCUT2D eigenvalue weighted by Crippen LogP contribution is -2.40. The largest absolute Gasteiger partial charge is 0.461 e. The molecule has 0 unspecified atom stereocenters. The molecule has 3 heteroatoms. The highest BCUT2D eigenvalue weighted by Crippen LogP contribution is 2.43. The molecule has 1 saturated heterocycles. The highest BCUT2D eigenvalue weighted by molar-refractivity contribution is 5.89. The molecule has 1 heterocycles. The number of rotatable bonds is 0. The molecular formula is C9H12O3. The second-order valence-electron chi connectivity index (χ2n) is 3.86. The molecule has 2 fully saturated rings. The number of ether oxygens (including phenoxy) is 1. The molecule has 0 bridgehead atoms. The van der Waals surface area contributed by atoms with Crippen molar-refractivity contribution in [2.45, 2.75) is 38.7 Å². The summed E-state index contributed by atoms with van der Waals surface area (Å²) in [6, 6.07) is 0. The number of fused-ring (bicyclic) bond motifs is 1. The number of hydrogen-bond donors (Lipinski definition) is 0. The predicted molar refractivity (Wildman–Crippen MR) is 41.5 cm³/mol. The summed E-state index contributed by atoms with van der Waals surface area (Å²) >= 11 is 0. The molecule has 0 spiro atoms. The molecule has 3 nitrogen and oxygen atoms in total. The van der Waals surface area contributed by atoms with E-state index in [9.17, 15) is 9.59 Å². The van der Waals surface area contributed by atoms with Gasteiger partial charge in [-0.1, -0.05) is 0 Å². The third kappa shape index (κ3) is 0.886. The van der Waals surface area contributed by atoms with Gasteiger partial charge in [-0.25, -0.2) is 0 Å². The fourth-order valence-corrected chi connectivity index (χ4v) is 2.11. The molecule has 1 aliphatic heterocycles. The third-order valence-corrected chi connectivity index (χ3v) is 3.10. The van der Waals surface area contributed by atoms with Gasteiger partial charge >= 0.3 is 5.97 Å². The van der Waals surface area contributed by atoms with Gasteiger partial charge < -0.3 is 4.74 Å². The molecule has 0 N–H and O–H groups in total. The summed E-state index contributed by atoms with van der Waals surface area (Å²) in [5.41, 5.74) is -0.353. The van der Waals surface area contributed by atoms with E-state index in [0.717, 1.165) is 6.42 Å². The van der Waals surface area contributed by atoms with Crippen LogP contribution >= 0.6 is 0 Å². The van der Waals surface area contributed by atoms with E-state index >= 15 is 0 Å². The van der Waals surface area contributed by atoms with E-state index in [1.807, 2.05) is 6.92 Å². The smallest absolute Gasteiger partial charge is 0.306 e. The molecule has 0 aromatic heterocycles. The number of ketones is 1. The van der Waals surface area contributed by atoms with Gasteiger partial charge in [0.1, 0.15) is 11.9 Å². The molecule has 0 aromatic carbocycles. The van der Waals surface area contributed by atoms with Crippen molar-refractivity contribution in [2.75, 3.05) is 0 Å².